The molecule has 0 saturated carbocycles. The first-order valence-corrected chi connectivity index (χ1v) is 12.8. The smallest absolute Gasteiger partial charge is 0.258 e. The molecule has 8 heteroatoms. The second kappa shape index (κ2) is 11.7. The van der Waals surface area contributed by atoms with Crippen LogP contribution in [0.3, 0.4) is 0 Å². The lowest BCUT2D eigenvalue weighted by atomic mass is 10.1. The van der Waals surface area contributed by atoms with E-state index < -0.39 is 10.0 Å². The van der Waals surface area contributed by atoms with E-state index in [1.165, 1.54) is 22.0 Å². The van der Waals surface area contributed by atoms with E-state index in [2.05, 4.69) is 17.4 Å². The quantitative estimate of drug-likeness (QED) is 0.440. The molecule has 0 aliphatic heterocycles. The first kappa shape index (κ1) is 25.2. The SMILES string of the molecule is CC(CCc1ccccc1)NC(=O)COc1ccc(N(Cc2ccc(F)cc2)S(C)(=O)=O)cc1. The Morgan fingerprint density at radius 2 is 1.62 bits per heavy atom. The third-order valence-electron chi connectivity index (χ3n) is 5.25. The maximum atomic E-state index is 13.2. The van der Waals surface area contributed by atoms with E-state index in [0.717, 1.165) is 19.1 Å². The molecule has 0 fully saturated rings. The molecule has 3 rings (SSSR count). The molecule has 0 spiro atoms. The second-order valence-corrected chi connectivity index (χ2v) is 10.1. The minimum absolute atomic E-state index is 0.00784. The Balaban J connectivity index is 1.52. The molecule has 34 heavy (non-hydrogen) atoms. The van der Waals surface area contributed by atoms with Gasteiger partial charge in [0.15, 0.2) is 6.61 Å². The number of benzene rings is 3. The van der Waals surface area contributed by atoms with Gasteiger partial charge in [-0.15, -0.1) is 0 Å². The molecule has 0 aliphatic carbocycles. The summed E-state index contributed by atoms with van der Waals surface area (Å²) < 4.78 is 44.6. The molecule has 0 radical (unpaired) electrons. The number of sulfonamides is 1. The fourth-order valence-electron chi connectivity index (χ4n) is 3.43. The number of carbonyl (C=O) groups is 1. The summed E-state index contributed by atoms with van der Waals surface area (Å²) in [5.41, 5.74) is 2.32. The maximum Gasteiger partial charge on any atom is 0.258 e. The number of rotatable bonds is 11. The number of hydrogen-bond acceptors (Lipinski definition) is 4. The van der Waals surface area contributed by atoms with Crippen LogP contribution in [0, 0.1) is 5.82 Å². The summed E-state index contributed by atoms with van der Waals surface area (Å²) in [6, 6.07) is 22.2. The van der Waals surface area contributed by atoms with E-state index in [1.54, 1.807) is 36.4 Å². The van der Waals surface area contributed by atoms with E-state index in [4.69, 9.17) is 4.74 Å². The Morgan fingerprint density at radius 3 is 2.24 bits per heavy atom. The number of carbonyl (C=O) groups excluding carboxylic acids is 1. The molecule has 1 atom stereocenters. The lowest BCUT2D eigenvalue weighted by Gasteiger charge is -2.23. The zero-order valence-electron chi connectivity index (χ0n) is 19.3. The van der Waals surface area contributed by atoms with Crippen LogP contribution >= 0.6 is 0 Å². The van der Waals surface area contributed by atoms with Gasteiger partial charge in [-0.1, -0.05) is 42.5 Å². The average molecular weight is 485 g/mol. The maximum absolute atomic E-state index is 13.2. The van der Waals surface area contributed by atoms with Gasteiger partial charge in [-0.3, -0.25) is 9.10 Å². The number of amides is 1. The third-order valence-corrected chi connectivity index (χ3v) is 6.39. The Kier molecular flexibility index (Phi) is 8.65. The fraction of sp³-hybridized carbons (Fsp3) is 0.269. The van der Waals surface area contributed by atoms with E-state index in [9.17, 15) is 17.6 Å². The van der Waals surface area contributed by atoms with E-state index in [0.29, 0.717) is 17.0 Å². The molecule has 1 unspecified atom stereocenters. The third kappa shape index (κ3) is 7.88. The molecule has 3 aromatic rings. The predicted molar refractivity (Wildman–Crippen MR) is 132 cm³/mol. The summed E-state index contributed by atoms with van der Waals surface area (Å²) in [7, 11) is -3.57. The largest absolute Gasteiger partial charge is 0.484 e. The Bertz CT molecular complexity index is 1170. The van der Waals surface area contributed by atoms with E-state index in [1.807, 2.05) is 25.1 Å². The summed E-state index contributed by atoms with van der Waals surface area (Å²) in [4.78, 5) is 12.2. The van der Waals surface area contributed by atoms with Gasteiger partial charge < -0.3 is 10.1 Å². The van der Waals surface area contributed by atoms with Gasteiger partial charge in [-0.2, -0.15) is 0 Å². The number of ether oxygens (including phenoxy) is 1. The van der Waals surface area contributed by atoms with Gasteiger partial charge >= 0.3 is 0 Å². The monoisotopic (exact) mass is 484 g/mol. The van der Waals surface area contributed by atoms with Crippen molar-refractivity contribution in [3.05, 3.63) is 95.8 Å². The molecular weight excluding hydrogens is 455 g/mol. The van der Waals surface area contributed by atoms with Crippen molar-refractivity contribution < 1.29 is 22.3 Å². The Hall–Kier alpha value is -3.39. The fourth-order valence-corrected chi connectivity index (χ4v) is 4.32. The highest BCUT2D eigenvalue weighted by molar-refractivity contribution is 7.92. The summed E-state index contributed by atoms with van der Waals surface area (Å²) in [6.07, 6.45) is 2.81. The van der Waals surface area contributed by atoms with Crippen LogP contribution in [-0.2, 0) is 27.8 Å². The molecule has 0 saturated heterocycles. The molecule has 0 heterocycles. The van der Waals surface area contributed by atoms with Crippen molar-refractivity contribution in [2.45, 2.75) is 32.4 Å². The summed E-state index contributed by atoms with van der Waals surface area (Å²) in [6.45, 7) is 1.89. The minimum atomic E-state index is -3.57. The number of nitrogens with one attached hydrogen (secondary N) is 1. The molecule has 0 aliphatic rings. The van der Waals surface area contributed by atoms with Crippen LogP contribution in [0.1, 0.15) is 24.5 Å². The highest BCUT2D eigenvalue weighted by atomic mass is 32.2. The van der Waals surface area contributed by atoms with Gasteiger partial charge in [0.05, 0.1) is 18.5 Å². The highest BCUT2D eigenvalue weighted by Crippen LogP contribution is 2.24. The van der Waals surface area contributed by atoms with Gasteiger partial charge in [-0.05, 0) is 67.3 Å². The van der Waals surface area contributed by atoms with E-state index in [-0.39, 0.29) is 30.9 Å². The lowest BCUT2D eigenvalue weighted by Crippen LogP contribution is -2.36. The van der Waals surface area contributed by atoms with Crippen LogP contribution in [0.15, 0.2) is 78.9 Å². The molecule has 0 aromatic heterocycles. The van der Waals surface area contributed by atoms with Gasteiger partial charge in [0, 0.05) is 6.04 Å². The first-order chi connectivity index (χ1) is 16.2. The van der Waals surface area contributed by atoms with Crippen LogP contribution in [-0.4, -0.2) is 33.2 Å². The lowest BCUT2D eigenvalue weighted by molar-refractivity contribution is -0.123. The average Bonchev–Trinajstić information content (AvgIpc) is 2.81. The number of hydrogen-bond donors (Lipinski definition) is 1. The molecule has 1 N–H and O–H groups in total. The summed E-state index contributed by atoms with van der Waals surface area (Å²) in [5.74, 6) is -0.157. The van der Waals surface area contributed by atoms with Crippen molar-refractivity contribution in [1.82, 2.24) is 5.32 Å². The normalized spacial score (nSPS) is 12.1. The molecule has 180 valence electrons. The van der Waals surface area contributed by atoms with Gasteiger partial charge in [0.1, 0.15) is 11.6 Å². The zero-order chi connectivity index (χ0) is 24.6. The molecular formula is C26H29FN2O4S. The predicted octanol–water partition coefficient (Wildman–Crippen LogP) is 4.31. The number of anilines is 1. The van der Waals surface area contributed by atoms with Crippen molar-refractivity contribution in [3.63, 3.8) is 0 Å². The van der Waals surface area contributed by atoms with Gasteiger partial charge in [0.2, 0.25) is 10.0 Å². The minimum Gasteiger partial charge on any atom is -0.484 e. The first-order valence-electron chi connectivity index (χ1n) is 11.0. The molecule has 3 aromatic carbocycles. The van der Waals surface area contributed by atoms with Crippen LogP contribution in [0.2, 0.25) is 0 Å². The summed E-state index contributed by atoms with van der Waals surface area (Å²) in [5, 5.41) is 2.92. The van der Waals surface area contributed by atoms with Crippen LogP contribution in [0.4, 0.5) is 10.1 Å². The number of nitrogens with zero attached hydrogens (tertiary/aromatic N) is 1. The highest BCUT2D eigenvalue weighted by Gasteiger charge is 2.18. The van der Waals surface area contributed by atoms with Crippen LogP contribution in [0.25, 0.3) is 0 Å². The standard InChI is InChI=1S/C26H29FN2O4S/c1-20(8-9-21-6-4-3-5-7-21)28-26(30)19-33-25-16-14-24(15-17-25)29(34(2,31)32)18-22-10-12-23(27)13-11-22/h3-7,10-17,20H,8-9,18-19H2,1-2H3,(H,28,30). The number of aryl methyl sites for hydroxylation is 1. The van der Waals surface area contributed by atoms with E-state index >= 15 is 0 Å². The van der Waals surface area contributed by atoms with Gasteiger partial charge in [-0.25, -0.2) is 12.8 Å². The van der Waals surface area contributed by atoms with Crippen molar-refractivity contribution in [2.24, 2.45) is 0 Å². The number of halogens is 1. The van der Waals surface area contributed by atoms with Crippen molar-refractivity contribution in [1.29, 1.82) is 0 Å². The molecule has 1 amide bonds. The van der Waals surface area contributed by atoms with Crippen molar-refractivity contribution >= 4 is 21.6 Å². The van der Waals surface area contributed by atoms with Crippen molar-refractivity contribution in [2.75, 3.05) is 17.2 Å². The topological polar surface area (TPSA) is 75.7 Å². The molecule has 0 bridgehead atoms. The van der Waals surface area contributed by atoms with Crippen molar-refractivity contribution in [3.8, 4) is 5.75 Å². The van der Waals surface area contributed by atoms with Crippen LogP contribution < -0.4 is 14.4 Å². The second-order valence-electron chi connectivity index (χ2n) is 8.17. The van der Waals surface area contributed by atoms with Gasteiger partial charge in [0.25, 0.3) is 5.91 Å². The Labute approximate surface area is 200 Å². The van der Waals surface area contributed by atoms with Crippen LogP contribution in [0.5, 0.6) is 5.75 Å². The molecule has 6 nitrogen and oxygen atoms in total. The summed E-state index contributed by atoms with van der Waals surface area (Å²) >= 11 is 0. The Morgan fingerprint density at radius 1 is 0.971 bits per heavy atom. The zero-order valence-corrected chi connectivity index (χ0v) is 20.1.